The molecule has 3 rings (SSSR count). The van der Waals surface area contributed by atoms with Crippen LogP contribution in [0.4, 0.5) is 26.3 Å². The lowest BCUT2D eigenvalue weighted by atomic mass is 10.2. The summed E-state index contributed by atoms with van der Waals surface area (Å²) in [5.74, 6) is 0.236. The molecule has 3 aromatic rings. The standard InChI is InChI=1S/C16H9BrF6N4/c17-10-7-24-14(25-8-10)6-12-5-13(16(21,22)23)26-27(12)11-3-1-9(2-4-11)15(18,19)20/h1-5,7-8H,6H2. The number of hydrogen-bond donors (Lipinski definition) is 0. The van der Waals surface area contributed by atoms with Crippen LogP contribution in [0.15, 0.2) is 47.2 Å². The Morgan fingerprint density at radius 3 is 2.00 bits per heavy atom. The third-order valence-corrected chi connectivity index (χ3v) is 3.94. The van der Waals surface area contributed by atoms with E-state index in [1.807, 2.05) is 0 Å². The molecule has 0 spiro atoms. The van der Waals surface area contributed by atoms with Crippen LogP contribution >= 0.6 is 15.9 Å². The molecule has 142 valence electrons. The molecule has 1 aromatic carbocycles. The number of hydrogen-bond acceptors (Lipinski definition) is 3. The molecule has 0 amide bonds. The summed E-state index contributed by atoms with van der Waals surface area (Å²) in [6.45, 7) is 0. The van der Waals surface area contributed by atoms with Gasteiger partial charge in [0, 0.05) is 12.4 Å². The van der Waals surface area contributed by atoms with E-state index in [1.165, 1.54) is 12.4 Å². The second-order valence-corrected chi connectivity index (χ2v) is 6.39. The molecule has 0 saturated carbocycles. The molecule has 0 unspecified atom stereocenters. The van der Waals surface area contributed by atoms with Crippen LogP contribution in [0.3, 0.4) is 0 Å². The van der Waals surface area contributed by atoms with Crippen molar-refractivity contribution < 1.29 is 26.3 Å². The first-order chi connectivity index (χ1) is 12.5. The van der Waals surface area contributed by atoms with E-state index in [9.17, 15) is 26.3 Å². The highest BCUT2D eigenvalue weighted by atomic mass is 79.9. The van der Waals surface area contributed by atoms with E-state index in [0.717, 1.165) is 35.0 Å². The van der Waals surface area contributed by atoms with E-state index in [-0.39, 0.29) is 23.6 Å². The third kappa shape index (κ3) is 4.46. The Balaban J connectivity index is 2.02. The lowest BCUT2D eigenvalue weighted by Crippen LogP contribution is -2.09. The fourth-order valence-corrected chi connectivity index (χ4v) is 2.50. The number of halogens is 7. The van der Waals surface area contributed by atoms with Gasteiger partial charge in [-0.3, -0.25) is 0 Å². The van der Waals surface area contributed by atoms with Crippen molar-refractivity contribution in [2.24, 2.45) is 0 Å². The van der Waals surface area contributed by atoms with Gasteiger partial charge >= 0.3 is 12.4 Å². The minimum absolute atomic E-state index is 0.0608. The maximum atomic E-state index is 13.0. The maximum Gasteiger partial charge on any atom is 0.435 e. The molecule has 0 aliphatic heterocycles. The van der Waals surface area contributed by atoms with Gasteiger partial charge in [-0.25, -0.2) is 14.6 Å². The van der Waals surface area contributed by atoms with Gasteiger partial charge in [0.25, 0.3) is 0 Å². The molecule has 0 fully saturated rings. The van der Waals surface area contributed by atoms with Crippen LogP contribution in [0.5, 0.6) is 0 Å². The highest BCUT2D eigenvalue weighted by molar-refractivity contribution is 9.10. The average molecular weight is 451 g/mol. The number of aromatic nitrogens is 4. The van der Waals surface area contributed by atoms with Crippen molar-refractivity contribution in [3.63, 3.8) is 0 Å². The molecule has 2 heterocycles. The topological polar surface area (TPSA) is 43.6 Å². The molecule has 0 bridgehead atoms. The van der Waals surface area contributed by atoms with Gasteiger partial charge in [-0.1, -0.05) is 0 Å². The number of rotatable bonds is 3. The molecule has 0 aliphatic rings. The highest BCUT2D eigenvalue weighted by Crippen LogP contribution is 2.32. The predicted octanol–water partition coefficient (Wildman–Crippen LogP) is 5.05. The third-order valence-electron chi connectivity index (χ3n) is 3.53. The first kappa shape index (κ1) is 19.3. The highest BCUT2D eigenvalue weighted by Gasteiger charge is 2.35. The van der Waals surface area contributed by atoms with Gasteiger partial charge in [0.1, 0.15) is 5.82 Å². The van der Waals surface area contributed by atoms with E-state index < -0.39 is 23.6 Å². The van der Waals surface area contributed by atoms with E-state index in [2.05, 4.69) is 31.0 Å². The van der Waals surface area contributed by atoms with Gasteiger partial charge in [0.05, 0.1) is 27.8 Å². The quantitative estimate of drug-likeness (QED) is 0.524. The second kappa shape index (κ2) is 6.95. The van der Waals surface area contributed by atoms with Crippen LogP contribution in [0.2, 0.25) is 0 Å². The summed E-state index contributed by atoms with van der Waals surface area (Å²) >= 11 is 3.15. The van der Waals surface area contributed by atoms with Crippen molar-refractivity contribution in [2.45, 2.75) is 18.8 Å². The fraction of sp³-hybridized carbons (Fsp3) is 0.188. The molecule has 0 N–H and O–H groups in total. The van der Waals surface area contributed by atoms with Crippen molar-refractivity contribution in [3.8, 4) is 5.69 Å². The van der Waals surface area contributed by atoms with E-state index in [1.54, 1.807) is 0 Å². The second-order valence-electron chi connectivity index (χ2n) is 5.47. The summed E-state index contributed by atoms with van der Waals surface area (Å²) < 4.78 is 78.7. The number of nitrogens with zero attached hydrogens (tertiary/aromatic N) is 4. The Bertz CT molecular complexity index is 930. The molecule has 0 aliphatic carbocycles. The number of alkyl halides is 6. The zero-order valence-electron chi connectivity index (χ0n) is 13.2. The lowest BCUT2D eigenvalue weighted by molar-refractivity contribution is -0.141. The zero-order valence-corrected chi connectivity index (χ0v) is 14.8. The van der Waals surface area contributed by atoms with Gasteiger partial charge in [-0.05, 0) is 46.3 Å². The van der Waals surface area contributed by atoms with Crippen LogP contribution in [0.25, 0.3) is 5.69 Å². The van der Waals surface area contributed by atoms with Crippen molar-refractivity contribution in [1.29, 1.82) is 0 Å². The minimum atomic E-state index is -4.70. The molecule has 11 heteroatoms. The Morgan fingerprint density at radius 2 is 1.48 bits per heavy atom. The molecular weight excluding hydrogens is 442 g/mol. The Morgan fingerprint density at radius 1 is 0.889 bits per heavy atom. The molecular formula is C16H9BrF6N4. The van der Waals surface area contributed by atoms with Gasteiger partial charge < -0.3 is 0 Å². The van der Waals surface area contributed by atoms with Crippen LogP contribution in [-0.2, 0) is 18.8 Å². The van der Waals surface area contributed by atoms with Gasteiger partial charge in [0.2, 0.25) is 0 Å². The Labute approximate surface area is 157 Å². The average Bonchev–Trinajstić information content (AvgIpc) is 3.00. The fourth-order valence-electron chi connectivity index (χ4n) is 2.29. The van der Waals surface area contributed by atoms with Gasteiger partial charge in [0.15, 0.2) is 5.69 Å². The molecule has 4 nitrogen and oxygen atoms in total. The van der Waals surface area contributed by atoms with Crippen molar-refractivity contribution >= 4 is 15.9 Å². The summed E-state index contributed by atoms with van der Waals surface area (Å²) in [6, 6.07) is 4.50. The summed E-state index contributed by atoms with van der Waals surface area (Å²) in [5, 5.41) is 3.50. The zero-order chi connectivity index (χ0) is 19.8. The van der Waals surface area contributed by atoms with E-state index in [4.69, 9.17) is 0 Å². The van der Waals surface area contributed by atoms with Crippen LogP contribution < -0.4 is 0 Å². The Hall–Kier alpha value is -2.43. The maximum absolute atomic E-state index is 13.0. The van der Waals surface area contributed by atoms with Crippen molar-refractivity contribution in [2.75, 3.05) is 0 Å². The van der Waals surface area contributed by atoms with Crippen LogP contribution in [0.1, 0.15) is 22.8 Å². The smallest absolute Gasteiger partial charge is 0.240 e. The van der Waals surface area contributed by atoms with Crippen molar-refractivity contribution in [3.05, 3.63) is 70.0 Å². The monoisotopic (exact) mass is 450 g/mol. The molecule has 2 aromatic heterocycles. The molecule has 0 saturated heterocycles. The molecule has 27 heavy (non-hydrogen) atoms. The van der Waals surface area contributed by atoms with E-state index >= 15 is 0 Å². The first-order valence-corrected chi connectivity index (χ1v) is 8.13. The minimum Gasteiger partial charge on any atom is -0.240 e. The normalized spacial score (nSPS) is 12.4. The van der Waals surface area contributed by atoms with Crippen LogP contribution in [-0.4, -0.2) is 19.7 Å². The van der Waals surface area contributed by atoms with Crippen molar-refractivity contribution in [1.82, 2.24) is 19.7 Å². The molecule has 0 atom stereocenters. The van der Waals surface area contributed by atoms with Crippen LogP contribution in [0, 0.1) is 0 Å². The summed E-state index contributed by atoms with van der Waals surface area (Å²) in [7, 11) is 0. The first-order valence-electron chi connectivity index (χ1n) is 7.34. The number of benzene rings is 1. The predicted molar refractivity (Wildman–Crippen MR) is 86.1 cm³/mol. The SMILES string of the molecule is FC(F)(F)c1ccc(-n2nc(C(F)(F)F)cc2Cc2ncc(Br)cn2)cc1. The largest absolute Gasteiger partial charge is 0.435 e. The summed E-state index contributed by atoms with van der Waals surface area (Å²) in [4.78, 5) is 7.99. The lowest BCUT2D eigenvalue weighted by Gasteiger charge is -2.10. The molecule has 0 radical (unpaired) electrons. The summed E-state index contributed by atoms with van der Waals surface area (Å²) in [6.07, 6.45) is -6.46. The van der Waals surface area contributed by atoms with Gasteiger partial charge in [-0.2, -0.15) is 31.4 Å². The summed E-state index contributed by atoms with van der Waals surface area (Å²) in [5.41, 5.74) is -1.92. The Kier molecular flexibility index (Phi) is 4.98. The van der Waals surface area contributed by atoms with Gasteiger partial charge in [-0.15, -0.1) is 0 Å². The van der Waals surface area contributed by atoms with E-state index in [0.29, 0.717) is 4.47 Å².